The number of carbonyl (C=O) groups excluding carboxylic acids is 1. The monoisotopic (exact) mass is 414 g/mol. The van der Waals surface area contributed by atoms with Crippen molar-refractivity contribution in [1.82, 2.24) is 15.2 Å². The molecule has 1 aromatic heterocycles. The Morgan fingerprint density at radius 3 is 2.69 bits per heavy atom. The maximum Gasteiger partial charge on any atom is 0.234 e. The number of aromatic nitrogens is 3. The lowest BCUT2D eigenvalue weighted by Gasteiger charge is -2.11. The van der Waals surface area contributed by atoms with Crippen LogP contribution in [-0.2, 0) is 4.79 Å². The van der Waals surface area contributed by atoms with Crippen molar-refractivity contribution in [3.63, 3.8) is 0 Å². The second kappa shape index (κ2) is 9.74. The third-order valence-corrected chi connectivity index (χ3v) is 4.65. The summed E-state index contributed by atoms with van der Waals surface area (Å²) in [6.07, 6.45) is 3.52. The summed E-state index contributed by atoms with van der Waals surface area (Å²) < 4.78 is 23.3. The summed E-state index contributed by atoms with van der Waals surface area (Å²) >= 11 is 1.20. The van der Waals surface area contributed by atoms with E-state index in [1.807, 2.05) is 0 Å². The first-order valence-corrected chi connectivity index (χ1v) is 9.56. The van der Waals surface area contributed by atoms with E-state index in [4.69, 9.17) is 9.47 Å². The van der Waals surface area contributed by atoms with Crippen LogP contribution in [0.25, 0.3) is 12.2 Å². The zero-order valence-corrected chi connectivity index (χ0v) is 16.6. The van der Waals surface area contributed by atoms with Crippen molar-refractivity contribution in [3.8, 4) is 11.5 Å². The fourth-order valence-corrected chi connectivity index (χ4v) is 2.97. The zero-order valence-electron chi connectivity index (χ0n) is 15.8. The van der Waals surface area contributed by atoms with Gasteiger partial charge in [-0.15, -0.1) is 5.10 Å². The third kappa shape index (κ3) is 5.82. The average molecular weight is 414 g/mol. The molecule has 0 saturated carbocycles. The topological polar surface area (TPSA) is 89.1 Å². The standard InChI is InChI=1S/C20H19FN4O3S/c1-27-15-8-9-16(17(11-15)28-2)22-19(26)12-29-20-23-18(24-25-20)10-5-13-3-6-14(21)7-4-13/h3-11H,12H2,1-2H3,(H,22,26)(H,23,24,25)/b10-5+. The van der Waals surface area contributed by atoms with Crippen molar-refractivity contribution in [3.05, 3.63) is 59.7 Å². The third-order valence-electron chi connectivity index (χ3n) is 3.80. The first-order chi connectivity index (χ1) is 14.1. The molecular weight excluding hydrogens is 395 g/mol. The van der Waals surface area contributed by atoms with Crippen molar-refractivity contribution >= 4 is 35.5 Å². The number of methoxy groups -OCH3 is 2. The van der Waals surface area contributed by atoms with Gasteiger partial charge in [-0.3, -0.25) is 9.89 Å². The summed E-state index contributed by atoms with van der Waals surface area (Å²) in [5, 5.41) is 10.1. The van der Waals surface area contributed by atoms with Gasteiger partial charge in [0.15, 0.2) is 0 Å². The van der Waals surface area contributed by atoms with E-state index in [-0.39, 0.29) is 17.5 Å². The van der Waals surface area contributed by atoms with Gasteiger partial charge in [0, 0.05) is 6.07 Å². The zero-order chi connectivity index (χ0) is 20.6. The summed E-state index contributed by atoms with van der Waals surface area (Å²) in [6.45, 7) is 0. The van der Waals surface area contributed by atoms with E-state index in [0.29, 0.717) is 28.2 Å². The minimum Gasteiger partial charge on any atom is -0.497 e. The van der Waals surface area contributed by atoms with Crippen LogP contribution in [0.5, 0.6) is 11.5 Å². The number of halogens is 1. The van der Waals surface area contributed by atoms with Gasteiger partial charge in [0.1, 0.15) is 23.1 Å². The van der Waals surface area contributed by atoms with E-state index in [2.05, 4.69) is 20.5 Å². The van der Waals surface area contributed by atoms with Gasteiger partial charge in [-0.2, -0.15) is 0 Å². The normalized spacial score (nSPS) is 10.9. The number of aromatic amines is 1. The summed E-state index contributed by atoms with van der Waals surface area (Å²) in [7, 11) is 3.08. The van der Waals surface area contributed by atoms with E-state index in [1.54, 1.807) is 49.6 Å². The molecule has 0 fully saturated rings. The fourth-order valence-electron chi connectivity index (χ4n) is 2.36. The molecule has 0 aliphatic rings. The van der Waals surface area contributed by atoms with Gasteiger partial charge in [0.25, 0.3) is 0 Å². The van der Waals surface area contributed by atoms with Crippen LogP contribution in [0.15, 0.2) is 47.6 Å². The largest absolute Gasteiger partial charge is 0.497 e. The fraction of sp³-hybridized carbons (Fsp3) is 0.150. The van der Waals surface area contributed by atoms with Crippen LogP contribution in [0.3, 0.4) is 0 Å². The molecule has 0 bridgehead atoms. The van der Waals surface area contributed by atoms with E-state index < -0.39 is 0 Å². The average Bonchev–Trinajstić information content (AvgIpc) is 3.20. The van der Waals surface area contributed by atoms with Gasteiger partial charge in [0.05, 0.1) is 25.7 Å². The number of hydrogen-bond acceptors (Lipinski definition) is 6. The molecule has 2 aromatic carbocycles. The quantitative estimate of drug-likeness (QED) is 0.544. The van der Waals surface area contributed by atoms with E-state index in [9.17, 15) is 9.18 Å². The number of nitrogens with one attached hydrogen (secondary N) is 2. The molecule has 0 saturated heterocycles. The summed E-state index contributed by atoms with van der Waals surface area (Å²) in [5.74, 6) is 1.31. The van der Waals surface area contributed by atoms with E-state index >= 15 is 0 Å². The first kappa shape index (κ1) is 20.4. The second-order valence-corrected chi connectivity index (χ2v) is 6.73. The van der Waals surface area contributed by atoms with Crippen LogP contribution in [0.1, 0.15) is 11.4 Å². The lowest BCUT2D eigenvalue weighted by Crippen LogP contribution is -2.14. The molecule has 9 heteroatoms. The van der Waals surface area contributed by atoms with Crippen LogP contribution in [0.4, 0.5) is 10.1 Å². The summed E-state index contributed by atoms with van der Waals surface area (Å²) in [6, 6.07) is 11.2. The van der Waals surface area contributed by atoms with Crippen LogP contribution in [-0.4, -0.2) is 41.1 Å². The highest BCUT2D eigenvalue weighted by molar-refractivity contribution is 7.99. The lowest BCUT2D eigenvalue weighted by atomic mass is 10.2. The number of nitrogens with zero attached hydrogens (tertiary/aromatic N) is 2. The number of benzene rings is 2. The molecule has 3 aromatic rings. The molecule has 0 unspecified atom stereocenters. The summed E-state index contributed by atoms with van der Waals surface area (Å²) in [4.78, 5) is 16.5. The Morgan fingerprint density at radius 2 is 1.97 bits per heavy atom. The van der Waals surface area contributed by atoms with Crippen molar-refractivity contribution in [2.75, 3.05) is 25.3 Å². The number of thioether (sulfide) groups is 1. The molecule has 1 heterocycles. The van der Waals surface area contributed by atoms with Crippen LogP contribution >= 0.6 is 11.8 Å². The van der Waals surface area contributed by atoms with Crippen LogP contribution in [0, 0.1) is 5.82 Å². The van der Waals surface area contributed by atoms with Crippen LogP contribution < -0.4 is 14.8 Å². The Morgan fingerprint density at radius 1 is 1.17 bits per heavy atom. The highest BCUT2D eigenvalue weighted by atomic mass is 32.2. The molecule has 1 amide bonds. The number of amides is 1. The Kier molecular flexibility index (Phi) is 6.85. The number of anilines is 1. The molecule has 3 rings (SSSR count). The minimum absolute atomic E-state index is 0.133. The Bertz CT molecular complexity index is 1010. The number of rotatable bonds is 8. The van der Waals surface area contributed by atoms with Crippen LogP contribution in [0.2, 0.25) is 0 Å². The molecule has 0 radical (unpaired) electrons. The molecule has 2 N–H and O–H groups in total. The van der Waals surface area contributed by atoms with Gasteiger partial charge in [-0.05, 0) is 35.9 Å². The number of ether oxygens (including phenoxy) is 2. The first-order valence-electron chi connectivity index (χ1n) is 8.58. The highest BCUT2D eigenvalue weighted by Crippen LogP contribution is 2.29. The van der Waals surface area contributed by atoms with Gasteiger partial charge >= 0.3 is 0 Å². The molecule has 0 aliphatic carbocycles. The molecule has 7 nitrogen and oxygen atoms in total. The molecular formula is C20H19FN4O3S. The summed E-state index contributed by atoms with van der Waals surface area (Å²) in [5.41, 5.74) is 1.39. The SMILES string of the molecule is COc1ccc(NC(=O)CSc2n[nH]c(/C=C/c3ccc(F)cc3)n2)c(OC)c1. The molecule has 0 spiro atoms. The molecule has 29 heavy (non-hydrogen) atoms. The lowest BCUT2D eigenvalue weighted by molar-refractivity contribution is -0.113. The van der Waals surface area contributed by atoms with Crippen molar-refractivity contribution in [2.45, 2.75) is 5.16 Å². The van der Waals surface area contributed by atoms with Gasteiger partial charge in [-0.1, -0.05) is 30.0 Å². The predicted octanol–water partition coefficient (Wildman–Crippen LogP) is 3.86. The maximum atomic E-state index is 12.9. The van der Waals surface area contributed by atoms with E-state index in [1.165, 1.54) is 31.0 Å². The van der Waals surface area contributed by atoms with Crippen molar-refractivity contribution < 1.29 is 18.7 Å². The molecule has 150 valence electrons. The molecule has 0 aliphatic heterocycles. The second-order valence-electron chi connectivity index (χ2n) is 5.79. The van der Waals surface area contributed by atoms with Gasteiger partial charge in [0.2, 0.25) is 11.1 Å². The van der Waals surface area contributed by atoms with Crippen molar-refractivity contribution in [2.24, 2.45) is 0 Å². The molecule has 0 atom stereocenters. The smallest absolute Gasteiger partial charge is 0.234 e. The van der Waals surface area contributed by atoms with Gasteiger partial charge < -0.3 is 14.8 Å². The van der Waals surface area contributed by atoms with Crippen molar-refractivity contribution in [1.29, 1.82) is 0 Å². The predicted molar refractivity (Wildman–Crippen MR) is 111 cm³/mol. The number of hydrogen-bond donors (Lipinski definition) is 2. The number of H-pyrrole nitrogens is 1. The number of carbonyl (C=O) groups is 1. The highest BCUT2D eigenvalue weighted by Gasteiger charge is 2.11. The van der Waals surface area contributed by atoms with E-state index in [0.717, 1.165) is 5.56 Å². The minimum atomic E-state index is -0.286. The Balaban J connectivity index is 1.54. The maximum absolute atomic E-state index is 12.9. The Hall–Kier alpha value is -3.33. The Labute approximate surface area is 171 Å². The van der Waals surface area contributed by atoms with Gasteiger partial charge in [-0.25, -0.2) is 9.37 Å².